The Morgan fingerprint density at radius 1 is 1.08 bits per heavy atom. The third kappa shape index (κ3) is 6.29. The number of ether oxygens (including phenoxy) is 1. The summed E-state index contributed by atoms with van der Waals surface area (Å²) in [6.07, 6.45) is 9.76. The van der Waals surface area contributed by atoms with Crippen LogP contribution in [0.1, 0.15) is 68.0 Å². The maximum Gasteiger partial charge on any atom is 0.265 e. The van der Waals surface area contributed by atoms with E-state index in [1.54, 1.807) is 23.7 Å². The van der Waals surface area contributed by atoms with Crippen LogP contribution in [0.2, 0.25) is 0 Å². The van der Waals surface area contributed by atoms with Crippen LogP contribution in [0.5, 0.6) is 0 Å². The first-order chi connectivity index (χ1) is 18.8. The zero-order valence-electron chi connectivity index (χ0n) is 23.0. The average molecular weight is 560 g/mol. The van der Waals surface area contributed by atoms with Gasteiger partial charge in [-0.3, -0.25) is 24.2 Å². The molecule has 10 nitrogen and oxygen atoms in total. The van der Waals surface area contributed by atoms with Gasteiger partial charge in [0, 0.05) is 51.7 Å². The van der Waals surface area contributed by atoms with Gasteiger partial charge in [0.2, 0.25) is 17.7 Å². The van der Waals surface area contributed by atoms with Crippen molar-refractivity contribution in [2.75, 3.05) is 39.8 Å². The second-order valence-corrected chi connectivity index (χ2v) is 12.9. The van der Waals surface area contributed by atoms with Crippen LogP contribution in [0.3, 0.4) is 0 Å². The highest BCUT2D eigenvalue weighted by Gasteiger charge is 2.59. The van der Waals surface area contributed by atoms with Crippen molar-refractivity contribution >= 4 is 35.0 Å². The third-order valence-electron chi connectivity index (χ3n) is 9.03. The van der Waals surface area contributed by atoms with Gasteiger partial charge in [-0.15, -0.1) is 11.3 Å². The smallest absolute Gasteiger partial charge is 0.265 e. The summed E-state index contributed by atoms with van der Waals surface area (Å²) in [5, 5.41) is 5.64. The van der Waals surface area contributed by atoms with E-state index in [1.807, 2.05) is 11.8 Å². The normalized spacial score (nSPS) is 24.2. The maximum absolute atomic E-state index is 13.8. The van der Waals surface area contributed by atoms with Crippen molar-refractivity contribution in [1.29, 1.82) is 0 Å². The molecule has 2 aliphatic carbocycles. The number of amides is 4. The lowest BCUT2D eigenvalue weighted by atomic mass is 9.71. The van der Waals surface area contributed by atoms with Crippen LogP contribution in [-0.4, -0.2) is 90.4 Å². The molecule has 5 rings (SSSR count). The van der Waals surface area contributed by atoms with Crippen LogP contribution in [0.4, 0.5) is 0 Å². The monoisotopic (exact) mass is 559 g/mol. The number of nitrogens with zero attached hydrogens (tertiary/aromatic N) is 3. The summed E-state index contributed by atoms with van der Waals surface area (Å²) in [5.74, 6) is -0.156. The number of carbonyl (C=O) groups excluding carboxylic acids is 4. The Hall–Kier alpha value is -2.53. The van der Waals surface area contributed by atoms with Crippen LogP contribution in [0, 0.1) is 23.2 Å². The molecule has 0 radical (unpaired) electrons. The molecule has 2 saturated carbocycles. The molecule has 4 amide bonds. The molecule has 3 heterocycles. The molecule has 214 valence electrons. The second kappa shape index (κ2) is 11.9. The number of hydrogen-bond acceptors (Lipinski definition) is 7. The molecule has 3 atom stereocenters. The summed E-state index contributed by atoms with van der Waals surface area (Å²) in [6.45, 7) is 3.93. The lowest BCUT2D eigenvalue weighted by Crippen LogP contribution is -2.65. The van der Waals surface area contributed by atoms with Gasteiger partial charge < -0.3 is 25.2 Å². The van der Waals surface area contributed by atoms with Gasteiger partial charge in [-0.1, -0.05) is 19.3 Å². The molecule has 2 N–H and O–H groups in total. The van der Waals surface area contributed by atoms with Crippen molar-refractivity contribution in [2.24, 2.45) is 23.2 Å². The minimum Gasteiger partial charge on any atom is -0.376 e. The molecule has 2 aliphatic heterocycles. The Balaban J connectivity index is 1.27. The first-order valence-corrected chi connectivity index (χ1v) is 15.3. The van der Waals surface area contributed by atoms with E-state index in [0.717, 1.165) is 25.7 Å². The summed E-state index contributed by atoms with van der Waals surface area (Å²) in [7, 11) is 1.55. The van der Waals surface area contributed by atoms with E-state index in [2.05, 4.69) is 15.6 Å². The summed E-state index contributed by atoms with van der Waals surface area (Å²) >= 11 is 1.27. The molecule has 1 aromatic rings. The fourth-order valence-corrected chi connectivity index (χ4v) is 7.00. The zero-order chi connectivity index (χ0) is 27.6. The molecule has 0 aromatic carbocycles. The number of likely N-dealkylation sites (N-methyl/N-ethyl adjacent to an activating group) is 1. The van der Waals surface area contributed by atoms with Crippen molar-refractivity contribution in [3.8, 4) is 0 Å². The van der Waals surface area contributed by atoms with E-state index >= 15 is 0 Å². The number of likely N-dealkylation sites (tertiary alicyclic amines) is 2. The summed E-state index contributed by atoms with van der Waals surface area (Å²) in [6, 6.07) is -0.845. The highest BCUT2D eigenvalue weighted by Crippen LogP contribution is 2.46. The molecular formula is C28H41N5O5S. The van der Waals surface area contributed by atoms with E-state index in [9.17, 15) is 19.2 Å². The maximum atomic E-state index is 13.8. The molecule has 0 bridgehead atoms. The van der Waals surface area contributed by atoms with Crippen molar-refractivity contribution in [3.63, 3.8) is 0 Å². The molecule has 0 unspecified atom stereocenters. The Bertz CT molecular complexity index is 1050. The number of thiazole rings is 1. The van der Waals surface area contributed by atoms with Gasteiger partial charge in [-0.05, 0) is 44.4 Å². The summed E-state index contributed by atoms with van der Waals surface area (Å²) in [5.41, 5.74) is 1.09. The zero-order valence-corrected chi connectivity index (χ0v) is 23.8. The fourth-order valence-electron chi connectivity index (χ4n) is 6.41. The first kappa shape index (κ1) is 28.0. The van der Waals surface area contributed by atoms with E-state index in [1.165, 1.54) is 30.6 Å². The minimum absolute atomic E-state index is 0.127. The molecule has 2 saturated heterocycles. The van der Waals surface area contributed by atoms with Gasteiger partial charge in [-0.2, -0.15) is 0 Å². The fraction of sp³-hybridized carbons (Fsp3) is 0.750. The van der Waals surface area contributed by atoms with Crippen LogP contribution < -0.4 is 10.6 Å². The molecule has 39 heavy (non-hydrogen) atoms. The highest BCUT2D eigenvalue weighted by atomic mass is 32.1. The van der Waals surface area contributed by atoms with E-state index in [4.69, 9.17) is 4.74 Å². The Labute approximate surface area is 234 Å². The quantitative estimate of drug-likeness (QED) is 0.453. The topological polar surface area (TPSA) is 121 Å². The minimum atomic E-state index is -0.845. The van der Waals surface area contributed by atoms with Crippen molar-refractivity contribution in [1.82, 2.24) is 25.4 Å². The summed E-state index contributed by atoms with van der Waals surface area (Å²) in [4.78, 5) is 60.7. The molecule has 1 aromatic heterocycles. The molecule has 11 heteroatoms. The highest BCUT2D eigenvalue weighted by molar-refractivity contribution is 7.11. The molecule has 1 spiro atoms. The molecule has 4 aliphatic rings. The Kier molecular flexibility index (Phi) is 8.56. The van der Waals surface area contributed by atoms with E-state index in [-0.39, 0.29) is 30.2 Å². The van der Waals surface area contributed by atoms with Crippen molar-refractivity contribution < 1.29 is 23.9 Å². The standard InChI is InChI=1S/C28H41N5O5S/c1-18(38-13-20-6-4-3-5-7-20)24(26(36)29-2)31-25(35)21-12-32(27(37)22-11-30-17-39-22)14-28(21)15-33(16-28)23(34)10-19-8-9-19/h11,17-21,24H,3-10,12-16H2,1-2H3,(H,29,36)(H,31,35)/t18-,21-,24+/m1/s1. The summed E-state index contributed by atoms with van der Waals surface area (Å²) < 4.78 is 6.12. The van der Waals surface area contributed by atoms with Crippen molar-refractivity contribution in [2.45, 2.75) is 70.4 Å². The van der Waals surface area contributed by atoms with Gasteiger partial charge in [0.1, 0.15) is 10.9 Å². The van der Waals surface area contributed by atoms with Gasteiger partial charge in [0.05, 0.1) is 23.7 Å². The van der Waals surface area contributed by atoms with Crippen molar-refractivity contribution in [3.05, 3.63) is 16.6 Å². The van der Waals surface area contributed by atoms with E-state index < -0.39 is 23.5 Å². The Morgan fingerprint density at radius 2 is 1.79 bits per heavy atom. The molecular weight excluding hydrogens is 518 g/mol. The number of carbonyl (C=O) groups is 4. The Morgan fingerprint density at radius 3 is 2.44 bits per heavy atom. The van der Waals surface area contributed by atoms with Crippen LogP contribution in [0.25, 0.3) is 0 Å². The van der Waals surface area contributed by atoms with Gasteiger partial charge in [0.15, 0.2) is 0 Å². The second-order valence-electron chi connectivity index (χ2n) is 12.0. The third-order valence-corrected chi connectivity index (χ3v) is 9.80. The van der Waals surface area contributed by atoms with Crippen LogP contribution in [0.15, 0.2) is 11.7 Å². The number of aromatic nitrogens is 1. The number of nitrogens with one attached hydrogen (secondary N) is 2. The number of rotatable bonds is 10. The number of hydrogen-bond donors (Lipinski definition) is 2. The molecule has 4 fully saturated rings. The van der Waals surface area contributed by atoms with E-state index in [0.29, 0.717) is 49.4 Å². The van der Waals surface area contributed by atoms with Gasteiger partial charge >= 0.3 is 0 Å². The lowest BCUT2D eigenvalue weighted by molar-refractivity contribution is -0.151. The SMILES string of the molecule is CNC(=O)[C@@H](NC(=O)[C@H]1CN(C(=O)c2cncs2)CC12CN(C(=O)CC1CC1)C2)[C@@H](C)OCC1CCCCC1. The first-order valence-electron chi connectivity index (χ1n) is 14.4. The average Bonchev–Trinajstić information content (AvgIpc) is 3.40. The van der Waals surface area contributed by atoms with Crippen LogP contribution >= 0.6 is 11.3 Å². The van der Waals surface area contributed by atoms with Crippen LogP contribution in [-0.2, 0) is 19.1 Å². The lowest BCUT2D eigenvalue weighted by Gasteiger charge is -2.50. The van der Waals surface area contributed by atoms with Gasteiger partial charge in [-0.25, -0.2) is 0 Å². The van der Waals surface area contributed by atoms with Gasteiger partial charge in [0.25, 0.3) is 5.91 Å². The largest absolute Gasteiger partial charge is 0.376 e. The predicted molar refractivity (Wildman–Crippen MR) is 146 cm³/mol. The predicted octanol–water partition coefficient (Wildman–Crippen LogP) is 2.06.